The molecule has 4 rings (SSSR count). The van der Waals surface area contributed by atoms with Crippen molar-refractivity contribution in [3.8, 4) is 0 Å². The Morgan fingerprint density at radius 1 is 1.03 bits per heavy atom. The summed E-state index contributed by atoms with van der Waals surface area (Å²) in [7, 11) is -4.04. The minimum atomic E-state index is -4.04. The maximum absolute atomic E-state index is 14.0. The van der Waals surface area contributed by atoms with Crippen molar-refractivity contribution < 1.29 is 27.2 Å². The van der Waals surface area contributed by atoms with E-state index in [1.54, 1.807) is 19.1 Å². The maximum Gasteiger partial charge on any atom is 0.325 e. The molecule has 9 nitrogen and oxygen atoms in total. The van der Waals surface area contributed by atoms with Gasteiger partial charge in [-0.05, 0) is 37.1 Å². The summed E-state index contributed by atoms with van der Waals surface area (Å²) in [5.41, 5.74) is 0.198. The standard InChI is InChI=1S/C23H25FN4O5S/c1-16-7-3-4-8-17(16)23(2)21(30)28(22(31)25-23)15-20(29)26-11-13-27(14-12-26)34(32,33)19-10-6-5-9-18(19)24/h3-10H,11-15H2,1-2H3,(H,25,31). The Morgan fingerprint density at radius 2 is 1.65 bits per heavy atom. The van der Waals surface area contributed by atoms with Crippen LogP contribution < -0.4 is 5.32 Å². The number of nitrogens with one attached hydrogen (secondary N) is 1. The van der Waals surface area contributed by atoms with Gasteiger partial charge in [-0.3, -0.25) is 14.5 Å². The van der Waals surface area contributed by atoms with Gasteiger partial charge in [-0.2, -0.15) is 4.31 Å². The molecule has 34 heavy (non-hydrogen) atoms. The van der Waals surface area contributed by atoms with Crippen LogP contribution in [0.5, 0.6) is 0 Å². The Labute approximate surface area is 197 Å². The molecule has 180 valence electrons. The number of carbonyl (C=O) groups excluding carboxylic acids is 3. The SMILES string of the molecule is Cc1ccccc1C1(C)NC(=O)N(CC(=O)N2CCN(S(=O)(=O)c3ccccc3F)CC2)C1=O. The number of amides is 4. The summed E-state index contributed by atoms with van der Waals surface area (Å²) in [5, 5.41) is 2.69. The van der Waals surface area contributed by atoms with Crippen LogP contribution in [0.4, 0.5) is 9.18 Å². The van der Waals surface area contributed by atoms with Gasteiger partial charge in [0.15, 0.2) is 0 Å². The molecule has 0 saturated carbocycles. The molecular formula is C23H25FN4O5S. The minimum Gasteiger partial charge on any atom is -0.338 e. The fourth-order valence-corrected chi connectivity index (χ4v) is 5.85. The van der Waals surface area contributed by atoms with E-state index in [9.17, 15) is 27.2 Å². The largest absolute Gasteiger partial charge is 0.338 e. The van der Waals surface area contributed by atoms with Gasteiger partial charge in [-0.25, -0.2) is 17.6 Å². The van der Waals surface area contributed by atoms with Crippen LogP contribution in [0.2, 0.25) is 0 Å². The first kappa shape index (κ1) is 23.8. The topological polar surface area (TPSA) is 107 Å². The Morgan fingerprint density at radius 3 is 2.29 bits per heavy atom. The van der Waals surface area contributed by atoms with Crippen molar-refractivity contribution in [1.82, 2.24) is 19.4 Å². The average molecular weight is 489 g/mol. The zero-order chi connectivity index (χ0) is 24.7. The number of aryl methyl sites for hydroxylation is 1. The van der Waals surface area contributed by atoms with Crippen molar-refractivity contribution in [2.45, 2.75) is 24.3 Å². The van der Waals surface area contributed by atoms with Crippen molar-refractivity contribution >= 4 is 27.9 Å². The molecule has 1 atom stereocenters. The molecular weight excluding hydrogens is 463 g/mol. The number of rotatable bonds is 5. The Balaban J connectivity index is 1.42. The molecule has 4 amide bonds. The lowest BCUT2D eigenvalue weighted by molar-refractivity contribution is -0.139. The first-order valence-electron chi connectivity index (χ1n) is 10.8. The van der Waals surface area contributed by atoms with E-state index in [0.717, 1.165) is 20.8 Å². The van der Waals surface area contributed by atoms with Gasteiger partial charge >= 0.3 is 6.03 Å². The van der Waals surface area contributed by atoms with Gasteiger partial charge in [0, 0.05) is 26.2 Å². The third-order valence-corrected chi connectivity index (χ3v) is 8.23. The van der Waals surface area contributed by atoms with Crippen LogP contribution in [0, 0.1) is 12.7 Å². The van der Waals surface area contributed by atoms with E-state index in [0.29, 0.717) is 5.56 Å². The summed E-state index contributed by atoms with van der Waals surface area (Å²) in [6.07, 6.45) is 0. The van der Waals surface area contributed by atoms with E-state index >= 15 is 0 Å². The predicted octanol–water partition coefficient (Wildman–Crippen LogP) is 1.43. The third-order valence-electron chi connectivity index (χ3n) is 6.30. The number of piperazine rings is 1. The Kier molecular flexibility index (Phi) is 6.17. The zero-order valence-corrected chi connectivity index (χ0v) is 19.6. The molecule has 0 aliphatic carbocycles. The predicted molar refractivity (Wildman–Crippen MR) is 121 cm³/mol. The Bertz CT molecular complexity index is 1260. The minimum absolute atomic E-state index is 0.0243. The van der Waals surface area contributed by atoms with Gasteiger partial charge in [-0.15, -0.1) is 0 Å². The van der Waals surface area contributed by atoms with Crippen LogP contribution in [-0.4, -0.2) is 73.1 Å². The van der Waals surface area contributed by atoms with E-state index in [1.807, 2.05) is 19.1 Å². The summed E-state index contributed by atoms with van der Waals surface area (Å²) in [6, 6.07) is 11.7. The Hall–Kier alpha value is -3.31. The lowest BCUT2D eigenvalue weighted by Crippen LogP contribution is -2.53. The van der Waals surface area contributed by atoms with Crippen LogP contribution in [0.25, 0.3) is 0 Å². The second-order valence-electron chi connectivity index (χ2n) is 8.48. The van der Waals surface area contributed by atoms with Crippen LogP contribution >= 0.6 is 0 Å². The smallest absolute Gasteiger partial charge is 0.325 e. The van der Waals surface area contributed by atoms with Gasteiger partial charge < -0.3 is 10.2 Å². The molecule has 2 saturated heterocycles. The fourth-order valence-electron chi connectivity index (χ4n) is 4.36. The van der Waals surface area contributed by atoms with Crippen LogP contribution in [0.3, 0.4) is 0 Å². The molecule has 0 bridgehead atoms. The van der Waals surface area contributed by atoms with Gasteiger partial charge in [0.05, 0.1) is 0 Å². The maximum atomic E-state index is 14.0. The molecule has 2 aromatic carbocycles. The monoisotopic (exact) mass is 488 g/mol. The molecule has 1 unspecified atom stereocenters. The summed E-state index contributed by atoms with van der Waals surface area (Å²) >= 11 is 0. The number of carbonyl (C=O) groups is 3. The highest BCUT2D eigenvalue weighted by atomic mass is 32.2. The lowest BCUT2D eigenvalue weighted by Gasteiger charge is -2.34. The van der Waals surface area contributed by atoms with Crippen molar-refractivity contribution in [2.24, 2.45) is 0 Å². The first-order valence-corrected chi connectivity index (χ1v) is 12.2. The quantitative estimate of drug-likeness (QED) is 0.641. The first-order chi connectivity index (χ1) is 16.1. The molecule has 0 spiro atoms. The van der Waals surface area contributed by atoms with Crippen LogP contribution in [0.15, 0.2) is 53.4 Å². The second kappa shape index (κ2) is 8.80. The van der Waals surface area contributed by atoms with E-state index < -0.39 is 50.7 Å². The number of urea groups is 1. The second-order valence-corrected chi connectivity index (χ2v) is 10.4. The normalized spacial score (nSPS) is 21.6. The van der Waals surface area contributed by atoms with E-state index in [2.05, 4.69) is 5.32 Å². The van der Waals surface area contributed by atoms with Gasteiger partial charge in [-0.1, -0.05) is 36.4 Å². The van der Waals surface area contributed by atoms with Crippen molar-refractivity contribution in [2.75, 3.05) is 32.7 Å². The third kappa shape index (κ3) is 4.05. The number of nitrogens with zero attached hydrogens (tertiary/aromatic N) is 3. The van der Waals surface area contributed by atoms with E-state index in [4.69, 9.17) is 0 Å². The number of hydrogen-bond acceptors (Lipinski definition) is 5. The van der Waals surface area contributed by atoms with Gasteiger partial charge in [0.25, 0.3) is 5.91 Å². The fraction of sp³-hybridized carbons (Fsp3) is 0.348. The number of benzene rings is 2. The number of halogens is 1. The van der Waals surface area contributed by atoms with Gasteiger partial charge in [0.2, 0.25) is 15.9 Å². The summed E-state index contributed by atoms with van der Waals surface area (Å²) in [6.45, 7) is 3.06. The summed E-state index contributed by atoms with van der Waals surface area (Å²) in [4.78, 5) is 40.4. The molecule has 2 aliphatic rings. The molecule has 2 aliphatic heterocycles. The zero-order valence-electron chi connectivity index (χ0n) is 18.8. The van der Waals surface area contributed by atoms with Crippen LogP contribution in [0.1, 0.15) is 18.1 Å². The van der Waals surface area contributed by atoms with Gasteiger partial charge in [0.1, 0.15) is 22.8 Å². The van der Waals surface area contributed by atoms with E-state index in [1.165, 1.54) is 23.1 Å². The molecule has 0 radical (unpaired) electrons. The molecule has 1 N–H and O–H groups in total. The highest BCUT2D eigenvalue weighted by Crippen LogP contribution is 2.31. The number of imide groups is 1. The summed E-state index contributed by atoms with van der Waals surface area (Å²) in [5.74, 6) is -1.84. The highest BCUT2D eigenvalue weighted by molar-refractivity contribution is 7.89. The molecule has 0 aromatic heterocycles. The molecule has 2 fully saturated rings. The van der Waals surface area contributed by atoms with Crippen molar-refractivity contribution in [1.29, 1.82) is 0 Å². The molecule has 11 heteroatoms. The number of sulfonamides is 1. The summed E-state index contributed by atoms with van der Waals surface area (Å²) < 4.78 is 40.7. The highest BCUT2D eigenvalue weighted by Gasteiger charge is 2.50. The average Bonchev–Trinajstić information content (AvgIpc) is 3.03. The van der Waals surface area contributed by atoms with E-state index in [-0.39, 0.29) is 26.2 Å². The number of hydrogen-bond donors (Lipinski definition) is 1. The molecule has 2 heterocycles. The lowest BCUT2D eigenvalue weighted by atomic mass is 9.88. The van der Waals surface area contributed by atoms with Crippen LogP contribution in [-0.2, 0) is 25.2 Å². The van der Waals surface area contributed by atoms with Crippen molar-refractivity contribution in [3.63, 3.8) is 0 Å². The molecule has 2 aromatic rings. The van der Waals surface area contributed by atoms with Crippen molar-refractivity contribution in [3.05, 3.63) is 65.5 Å².